The summed E-state index contributed by atoms with van der Waals surface area (Å²) in [6, 6.07) is 13.3. The number of amides is 1. The van der Waals surface area contributed by atoms with E-state index in [-0.39, 0.29) is 18.5 Å². The number of carbonyl (C=O) groups excluding carboxylic acids is 2. The maximum absolute atomic E-state index is 12.8. The topological polar surface area (TPSA) is 58.6 Å². The first-order valence-corrected chi connectivity index (χ1v) is 10.7. The molecule has 3 aromatic rings. The van der Waals surface area contributed by atoms with Crippen LogP contribution in [-0.4, -0.2) is 37.0 Å². The summed E-state index contributed by atoms with van der Waals surface area (Å²) in [5.74, 6) is -0.607. The molecule has 1 aliphatic rings. The molecule has 1 atom stereocenters. The third-order valence-corrected chi connectivity index (χ3v) is 6.75. The number of fused-ring (bicyclic) bond motifs is 1. The van der Waals surface area contributed by atoms with Gasteiger partial charge < -0.3 is 10.1 Å². The first kappa shape index (κ1) is 18.9. The van der Waals surface area contributed by atoms with Crippen molar-refractivity contribution in [1.82, 2.24) is 4.90 Å². The number of rotatable bonds is 5. The Labute approximate surface area is 171 Å². The van der Waals surface area contributed by atoms with Gasteiger partial charge in [-0.05, 0) is 47.0 Å². The number of para-hydroxylation sites is 1. The van der Waals surface area contributed by atoms with Gasteiger partial charge in [-0.15, -0.1) is 22.7 Å². The molecule has 1 N–H and O–H groups in total. The van der Waals surface area contributed by atoms with Crippen LogP contribution in [0.1, 0.15) is 31.7 Å². The van der Waals surface area contributed by atoms with Crippen LogP contribution in [-0.2, 0) is 16.0 Å². The van der Waals surface area contributed by atoms with Crippen LogP contribution in [0.3, 0.4) is 0 Å². The Morgan fingerprint density at radius 1 is 1.14 bits per heavy atom. The predicted octanol–water partition coefficient (Wildman–Crippen LogP) is 4.18. The highest BCUT2D eigenvalue weighted by molar-refractivity contribution is 7.10. The first-order chi connectivity index (χ1) is 13.7. The summed E-state index contributed by atoms with van der Waals surface area (Å²) in [6.45, 7) is 1.08. The van der Waals surface area contributed by atoms with Crippen molar-refractivity contribution >= 4 is 40.2 Å². The summed E-state index contributed by atoms with van der Waals surface area (Å²) in [7, 11) is 1.33. The number of ether oxygens (including phenoxy) is 1. The molecule has 0 fully saturated rings. The highest BCUT2D eigenvalue weighted by Crippen LogP contribution is 2.39. The minimum Gasteiger partial charge on any atom is -0.465 e. The second-order valence-corrected chi connectivity index (χ2v) is 8.50. The van der Waals surface area contributed by atoms with Crippen LogP contribution in [0.5, 0.6) is 0 Å². The Bertz CT molecular complexity index is 981. The maximum Gasteiger partial charge on any atom is 0.339 e. The minimum absolute atomic E-state index is 0.0941. The molecule has 28 heavy (non-hydrogen) atoms. The molecular formula is C21H20N2O3S2. The lowest BCUT2D eigenvalue weighted by Gasteiger charge is -2.34. The molecule has 3 heterocycles. The third-order valence-electron chi connectivity index (χ3n) is 4.83. The van der Waals surface area contributed by atoms with Crippen LogP contribution in [0.25, 0.3) is 0 Å². The van der Waals surface area contributed by atoms with Gasteiger partial charge in [0.2, 0.25) is 5.91 Å². The van der Waals surface area contributed by atoms with Crippen molar-refractivity contribution < 1.29 is 14.3 Å². The molecule has 0 spiro atoms. The molecule has 5 nitrogen and oxygen atoms in total. The number of nitrogens with one attached hydrogen (secondary N) is 1. The first-order valence-electron chi connectivity index (χ1n) is 8.98. The number of esters is 1. The zero-order chi connectivity index (χ0) is 19.5. The van der Waals surface area contributed by atoms with Crippen molar-refractivity contribution in [3.05, 3.63) is 74.1 Å². The van der Waals surface area contributed by atoms with Gasteiger partial charge in [-0.2, -0.15) is 0 Å². The van der Waals surface area contributed by atoms with E-state index in [1.807, 2.05) is 6.07 Å². The van der Waals surface area contributed by atoms with E-state index in [4.69, 9.17) is 4.74 Å². The van der Waals surface area contributed by atoms with Crippen molar-refractivity contribution in [2.75, 3.05) is 25.5 Å². The molecule has 0 bridgehead atoms. The fraction of sp³-hybridized carbons (Fsp3) is 0.238. The molecule has 1 amide bonds. The van der Waals surface area contributed by atoms with Gasteiger partial charge in [0.25, 0.3) is 0 Å². The molecule has 0 unspecified atom stereocenters. The number of benzene rings is 1. The predicted molar refractivity (Wildman–Crippen MR) is 112 cm³/mol. The molecule has 0 radical (unpaired) electrons. The van der Waals surface area contributed by atoms with Crippen LogP contribution in [0.15, 0.2) is 53.2 Å². The number of anilines is 1. The average molecular weight is 413 g/mol. The monoisotopic (exact) mass is 412 g/mol. The Balaban J connectivity index is 1.54. The summed E-state index contributed by atoms with van der Waals surface area (Å²) in [5, 5.41) is 7.08. The summed E-state index contributed by atoms with van der Waals surface area (Å²) >= 11 is 3.49. The summed E-state index contributed by atoms with van der Waals surface area (Å²) in [4.78, 5) is 29.6. The van der Waals surface area contributed by atoms with Crippen molar-refractivity contribution in [1.29, 1.82) is 0 Å². The highest BCUT2D eigenvalue weighted by atomic mass is 32.1. The largest absolute Gasteiger partial charge is 0.465 e. The quantitative estimate of drug-likeness (QED) is 0.639. The normalized spacial score (nSPS) is 16.4. The summed E-state index contributed by atoms with van der Waals surface area (Å²) in [5.41, 5.74) is 2.12. The number of hydrogen-bond donors (Lipinski definition) is 1. The Kier molecular flexibility index (Phi) is 5.57. The molecule has 0 aliphatic carbocycles. The van der Waals surface area contributed by atoms with E-state index in [1.165, 1.54) is 22.4 Å². The van der Waals surface area contributed by atoms with Crippen LogP contribution >= 0.6 is 22.7 Å². The SMILES string of the molecule is COC(=O)c1ccccc1NC(=O)CN1CCc2sccc2[C@H]1c1cccs1. The number of thiophene rings is 2. The zero-order valence-corrected chi connectivity index (χ0v) is 17.0. The van der Waals surface area contributed by atoms with Crippen LogP contribution in [0.2, 0.25) is 0 Å². The van der Waals surface area contributed by atoms with E-state index in [1.54, 1.807) is 46.9 Å². The Morgan fingerprint density at radius 3 is 2.79 bits per heavy atom. The number of methoxy groups -OCH3 is 1. The van der Waals surface area contributed by atoms with E-state index in [0.29, 0.717) is 11.3 Å². The molecule has 7 heteroatoms. The van der Waals surface area contributed by atoms with E-state index >= 15 is 0 Å². The van der Waals surface area contributed by atoms with Crippen molar-refractivity contribution in [2.45, 2.75) is 12.5 Å². The second kappa shape index (κ2) is 8.26. The van der Waals surface area contributed by atoms with E-state index < -0.39 is 5.97 Å². The van der Waals surface area contributed by atoms with Gasteiger partial charge >= 0.3 is 5.97 Å². The van der Waals surface area contributed by atoms with E-state index in [0.717, 1.165) is 13.0 Å². The summed E-state index contributed by atoms with van der Waals surface area (Å²) < 4.78 is 4.81. The van der Waals surface area contributed by atoms with Gasteiger partial charge in [0.15, 0.2) is 0 Å². The highest BCUT2D eigenvalue weighted by Gasteiger charge is 2.31. The lowest BCUT2D eigenvalue weighted by atomic mass is 9.98. The van der Waals surface area contributed by atoms with Gasteiger partial charge in [-0.3, -0.25) is 9.69 Å². The van der Waals surface area contributed by atoms with Gasteiger partial charge in [0.05, 0.1) is 30.9 Å². The van der Waals surface area contributed by atoms with Gasteiger partial charge in [-0.25, -0.2) is 4.79 Å². The van der Waals surface area contributed by atoms with Crippen LogP contribution in [0.4, 0.5) is 5.69 Å². The number of nitrogens with zero attached hydrogens (tertiary/aromatic N) is 1. The maximum atomic E-state index is 12.8. The Morgan fingerprint density at radius 2 is 2.00 bits per heavy atom. The van der Waals surface area contributed by atoms with Gasteiger partial charge in [0.1, 0.15) is 0 Å². The van der Waals surface area contributed by atoms with E-state index in [2.05, 4.69) is 33.1 Å². The molecule has 1 aromatic carbocycles. The second-order valence-electron chi connectivity index (χ2n) is 6.52. The lowest BCUT2D eigenvalue weighted by Crippen LogP contribution is -2.40. The lowest BCUT2D eigenvalue weighted by molar-refractivity contribution is -0.117. The summed E-state index contributed by atoms with van der Waals surface area (Å²) in [6.07, 6.45) is 0.945. The minimum atomic E-state index is -0.465. The standard InChI is InChI=1S/C21H20N2O3S2/c1-26-21(25)14-5-2-3-6-16(14)22-19(24)13-23-10-8-17-15(9-12-28-17)20(23)18-7-4-11-27-18/h2-7,9,11-12,20H,8,10,13H2,1H3,(H,22,24)/t20-/m0/s1. The molecule has 2 aromatic heterocycles. The van der Waals surface area contributed by atoms with Crippen LogP contribution in [0, 0.1) is 0 Å². The number of hydrogen-bond acceptors (Lipinski definition) is 6. The fourth-order valence-electron chi connectivity index (χ4n) is 3.57. The van der Waals surface area contributed by atoms with Crippen molar-refractivity contribution in [3.8, 4) is 0 Å². The molecule has 4 rings (SSSR count). The molecular weight excluding hydrogens is 392 g/mol. The van der Waals surface area contributed by atoms with Crippen molar-refractivity contribution in [2.24, 2.45) is 0 Å². The third kappa shape index (κ3) is 3.73. The van der Waals surface area contributed by atoms with Gasteiger partial charge in [0, 0.05) is 16.3 Å². The average Bonchev–Trinajstić information content (AvgIpc) is 3.39. The Hall–Kier alpha value is -2.48. The smallest absolute Gasteiger partial charge is 0.339 e. The molecule has 1 aliphatic heterocycles. The fourth-order valence-corrected chi connectivity index (χ4v) is 5.35. The molecule has 144 valence electrons. The zero-order valence-electron chi connectivity index (χ0n) is 15.4. The van der Waals surface area contributed by atoms with Gasteiger partial charge in [-0.1, -0.05) is 18.2 Å². The molecule has 0 saturated carbocycles. The van der Waals surface area contributed by atoms with Crippen LogP contribution < -0.4 is 5.32 Å². The number of carbonyl (C=O) groups is 2. The molecule has 0 saturated heterocycles. The van der Waals surface area contributed by atoms with Crippen molar-refractivity contribution in [3.63, 3.8) is 0 Å². The van der Waals surface area contributed by atoms with E-state index in [9.17, 15) is 9.59 Å².